The molecule has 1 aromatic rings. The zero-order valence-corrected chi connectivity index (χ0v) is 17.2. The summed E-state index contributed by atoms with van der Waals surface area (Å²) >= 11 is 0. The van der Waals surface area contributed by atoms with Crippen LogP contribution in [0.4, 0.5) is 0 Å². The first kappa shape index (κ1) is 21.7. The molecule has 0 aliphatic carbocycles. The molecule has 1 aliphatic heterocycles. The summed E-state index contributed by atoms with van der Waals surface area (Å²) in [5, 5.41) is 5.66. The minimum Gasteiger partial charge on any atom is -0.368 e. The van der Waals surface area contributed by atoms with E-state index in [1.54, 1.807) is 45.2 Å². The van der Waals surface area contributed by atoms with Gasteiger partial charge < -0.3 is 21.3 Å². The molecule has 0 bridgehead atoms. The average molecular weight is 410 g/mol. The summed E-state index contributed by atoms with van der Waals surface area (Å²) in [4.78, 5) is 28.8. The Hall–Kier alpha value is -2.62. The molecule has 10 heteroatoms. The molecule has 0 saturated carbocycles. The number of hydrogen-bond acceptors (Lipinski definition) is 5. The SMILES string of the molecule is CN=C(NCc1ccc(C(=O)NCC(N)=O)cc1)N1CCS(=O)(=O)C(C)(C)C1. The zero-order valence-electron chi connectivity index (χ0n) is 16.4. The van der Waals surface area contributed by atoms with Gasteiger partial charge in [-0.1, -0.05) is 12.1 Å². The molecule has 1 aliphatic rings. The first-order chi connectivity index (χ1) is 13.1. The summed E-state index contributed by atoms with van der Waals surface area (Å²) in [6.45, 7) is 4.48. The number of carbonyl (C=O) groups excluding carboxylic acids is 2. The van der Waals surface area contributed by atoms with Crippen molar-refractivity contribution >= 4 is 27.6 Å². The number of hydrogen-bond donors (Lipinski definition) is 3. The third-order valence-electron chi connectivity index (χ3n) is 4.64. The van der Waals surface area contributed by atoms with Crippen LogP contribution in [-0.2, 0) is 21.2 Å². The Bertz CT molecular complexity index is 862. The third kappa shape index (κ3) is 5.22. The number of rotatable bonds is 5. The van der Waals surface area contributed by atoms with Gasteiger partial charge in [-0.15, -0.1) is 0 Å². The van der Waals surface area contributed by atoms with Gasteiger partial charge in [0.05, 0.1) is 17.0 Å². The van der Waals surface area contributed by atoms with Crippen molar-refractivity contribution in [3.05, 3.63) is 35.4 Å². The van der Waals surface area contributed by atoms with E-state index in [0.29, 0.717) is 31.2 Å². The minimum absolute atomic E-state index is 0.0931. The number of amides is 2. The van der Waals surface area contributed by atoms with Gasteiger partial charge in [-0.25, -0.2) is 8.42 Å². The van der Waals surface area contributed by atoms with E-state index in [4.69, 9.17) is 5.73 Å². The van der Waals surface area contributed by atoms with Crippen LogP contribution >= 0.6 is 0 Å². The van der Waals surface area contributed by atoms with E-state index in [2.05, 4.69) is 15.6 Å². The van der Waals surface area contributed by atoms with Gasteiger partial charge in [0.25, 0.3) is 5.91 Å². The Morgan fingerprint density at radius 2 is 1.86 bits per heavy atom. The second kappa shape index (κ2) is 8.59. The van der Waals surface area contributed by atoms with Crippen LogP contribution in [0.2, 0.25) is 0 Å². The number of sulfone groups is 1. The van der Waals surface area contributed by atoms with E-state index in [1.165, 1.54) is 0 Å². The molecule has 1 fully saturated rings. The topological polar surface area (TPSA) is 134 Å². The molecular formula is C18H27N5O4S. The van der Waals surface area contributed by atoms with Crippen molar-refractivity contribution in [2.75, 3.05) is 32.4 Å². The largest absolute Gasteiger partial charge is 0.368 e. The number of nitrogens with one attached hydrogen (secondary N) is 2. The lowest BCUT2D eigenvalue weighted by atomic mass is 10.1. The van der Waals surface area contributed by atoms with E-state index in [1.807, 2.05) is 4.90 Å². The normalized spacial score (nSPS) is 18.4. The highest BCUT2D eigenvalue weighted by Crippen LogP contribution is 2.23. The Morgan fingerprint density at radius 1 is 1.21 bits per heavy atom. The van der Waals surface area contributed by atoms with E-state index in [-0.39, 0.29) is 18.2 Å². The standard InChI is InChI=1S/C18H27N5O4S/c1-18(2)12-23(8-9-28(18,26)27)17(20-3)22-10-13-4-6-14(7-5-13)16(25)21-11-15(19)24/h4-7H,8-12H2,1-3H3,(H2,19,24)(H,20,22)(H,21,25). The van der Waals surface area contributed by atoms with Crippen LogP contribution in [0, 0.1) is 0 Å². The van der Waals surface area contributed by atoms with Crippen LogP contribution in [0.15, 0.2) is 29.3 Å². The van der Waals surface area contributed by atoms with E-state index in [9.17, 15) is 18.0 Å². The summed E-state index contributed by atoms with van der Waals surface area (Å²) in [6, 6.07) is 6.91. The van der Waals surface area contributed by atoms with Crippen LogP contribution < -0.4 is 16.4 Å². The second-order valence-electron chi connectivity index (χ2n) is 7.25. The van der Waals surface area contributed by atoms with Crippen LogP contribution in [0.5, 0.6) is 0 Å². The van der Waals surface area contributed by atoms with Crippen molar-refractivity contribution in [1.29, 1.82) is 0 Å². The number of aliphatic imine (C=N–C) groups is 1. The summed E-state index contributed by atoms with van der Waals surface area (Å²) in [7, 11) is -1.46. The molecule has 0 unspecified atom stereocenters. The van der Waals surface area contributed by atoms with Gasteiger partial charge in [-0.05, 0) is 31.5 Å². The molecule has 1 aromatic carbocycles. The van der Waals surface area contributed by atoms with Gasteiger partial charge in [-0.3, -0.25) is 14.6 Å². The molecule has 0 atom stereocenters. The zero-order chi connectivity index (χ0) is 20.9. The van der Waals surface area contributed by atoms with Crippen molar-refractivity contribution < 1.29 is 18.0 Å². The highest BCUT2D eigenvalue weighted by molar-refractivity contribution is 7.92. The first-order valence-electron chi connectivity index (χ1n) is 8.89. The number of nitrogens with two attached hydrogens (primary N) is 1. The molecular weight excluding hydrogens is 382 g/mol. The smallest absolute Gasteiger partial charge is 0.251 e. The number of guanidine groups is 1. The van der Waals surface area contributed by atoms with Crippen molar-refractivity contribution in [2.24, 2.45) is 10.7 Å². The Kier molecular flexibility index (Phi) is 6.65. The van der Waals surface area contributed by atoms with Crippen LogP contribution in [0.3, 0.4) is 0 Å². The summed E-state index contributed by atoms with van der Waals surface area (Å²) in [5.74, 6) is -0.248. The Balaban J connectivity index is 1.95. The number of carbonyl (C=O) groups is 2. The fraction of sp³-hybridized carbons (Fsp3) is 0.500. The second-order valence-corrected chi connectivity index (χ2v) is 9.99. The van der Waals surface area contributed by atoms with Gasteiger partial charge >= 0.3 is 0 Å². The molecule has 154 valence electrons. The number of nitrogens with zero attached hydrogens (tertiary/aromatic N) is 2. The molecule has 28 heavy (non-hydrogen) atoms. The molecule has 0 radical (unpaired) electrons. The summed E-state index contributed by atoms with van der Waals surface area (Å²) in [5.41, 5.74) is 6.36. The fourth-order valence-electron chi connectivity index (χ4n) is 2.88. The molecule has 2 amide bonds. The van der Waals surface area contributed by atoms with E-state index in [0.717, 1.165) is 5.56 Å². The van der Waals surface area contributed by atoms with E-state index < -0.39 is 20.5 Å². The van der Waals surface area contributed by atoms with Gasteiger partial charge in [-0.2, -0.15) is 0 Å². The molecule has 4 N–H and O–H groups in total. The monoisotopic (exact) mass is 409 g/mol. The van der Waals surface area contributed by atoms with Gasteiger partial charge in [0.2, 0.25) is 5.91 Å². The van der Waals surface area contributed by atoms with Crippen LogP contribution in [0.25, 0.3) is 0 Å². The Labute approximate surface area is 165 Å². The molecule has 0 aromatic heterocycles. The Morgan fingerprint density at radius 3 is 2.39 bits per heavy atom. The van der Waals surface area contributed by atoms with Crippen molar-refractivity contribution in [1.82, 2.24) is 15.5 Å². The quantitative estimate of drug-likeness (QED) is 0.443. The fourth-order valence-corrected chi connectivity index (χ4v) is 4.25. The molecule has 0 spiro atoms. The lowest BCUT2D eigenvalue weighted by Crippen LogP contribution is -2.57. The maximum absolute atomic E-state index is 12.2. The molecule has 9 nitrogen and oxygen atoms in total. The predicted octanol–water partition coefficient (Wildman–Crippen LogP) is -0.514. The molecule has 2 rings (SSSR count). The van der Waals surface area contributed by atoms with Crippen molar-refractivity contribution in [3.63, 3.8) is 0 Å². The van der Waals surface area contributed by atoms with Gasteiger partial charge in [0.15, 0.2) is 15.8 Å². The van der Waals surface area contributed by atoms with Gasteiger partial charge in [0, 0.05) is 32.2 Å². The maximum Gasteiger partial charge on any atom is 0.251 e. The average Bonchev–Trinajstić information content (AvgIpc) is 2.63. The molecule has 1 saturated heterocycles. The van der Waals surface area contributed by atoms with Crippen molar-refractivity contribution in [2.45, 2.75) is 25.1 Å². The predicted molar refractivity (Wildman–Crippen MR) is 108 cm³/mol. The van der Waals surface area contributed by atoms with Crippen molar-refractivity contribution in [3.8, 4) is 0 Å². The lowest BCUT2D eigenvalue weighted by Gasteiger charge is -2.39. The third-order valence-corrected chi connectivity index (χ3v) is 7.18. The van der Waals surface area contributed by atoms with E-state index >= 15 is 0 Å². The number of benzene rings is 1. The number of primary amides is 1. The maximum atomic E-state index is 12.2. The lowest BCUT2D eigenvalue weighted by molar-refractivity contribution is -0.117. The minimum atomic E-state index is -3.12. The summed E-state index contributed by atoms with van der Waals surface area (Å²) in [6.07, 6.45) is 0. The molecule has 1 heterocycles. The van der Waals surface area contributed by atoms with Gasteiger partial charge in [0.1, 0.15) is 0 Å². The van der Waals surface area contributed by atoms with Crippen LogP contribution in [0.1, 0.15) is 29.8 Å². The first-order valence-corrected chi connectivity index (χ1v) is 10.5. The van der Waals surface area contributed by atoms with Crippen LogP contribution in [-0.4, -0.2) is 68.3 Å². The summed E-state index contributed by atoms with van der Waals surface area (Å²) < 4.78 is 23.5. The highest BCUT2D eigenvalue weighted by Gasteiger charge is 2.40. The highest BCUT2D eigenvalue weighted by atomic mass is 32.2.